The second-order valence-corrected chi connectivity index (χ2v) is 5.95. The third-order valence-corrected chi connectivity index (χ3v) is 3.95. The molecule has 3 N–H and O–H groups in total. The van der Waals surface area contributed by atoms with Crippen LogP contribution in [0.3, 0.4) is 0 Å². The van der Waals surface area contributed by atoms with Crippen LogP contribution in [0.15, 0.2) is 40.1 Å². The van der Waals surface area contributed by atoms with Crippen molar-refractivity contribution in [3.05, 3.63) is 40.9 Å². The fraction of sp³-hybridized carbons (Fsp3) is 0. The van der Waals surface area contributed by atoms with Crippen LogP contribution in [0, 0.1) is 5.82 Å². The van der Waals surface area contributed by atoms with Gasteiger partial charge in [-0.1, -0.05) is 0 Å². The van der Waals surface area contributed by atoms with E-state index >= 15 is 0 Å². The molecule has 0 radical (unpaired) electrons. The van der Waals surface area contributed by atoms with E-state index in [0.29, 0.717) is 10.2 Å². The number of halogens is 2. The van der Waals surface area contributed by atoms with Gasteiger partial charge in [-0.2, -0.15) is 8.42 Å². The van der Waals surface area contributed by atoms with E-state index in [2.05, 4.69) is 30.6 Å². The molecule has 0 unspecified atom stereocenters. The lowest BCUT2D eigenvalue weighted by Gasteiger charge is -2.08. The van der Waals surface area contributed by atoms with Crippen LogP contribution in [0.1, 0.15) is 0 Å². The molecule has 19 heavy (non-hydrogen) atoms. The predicted octanol–water partition coefficient (Wildman–Crippen LogP) is 1.76. The fourth-order valence-corrected chi connectivity index (χ4v) is 2.91. The van der Waals surface area contributed by atoms with Gasteiger partial charge in [0, 0.05) is 6.20 Å². The Kier molecular flexibility index (Phi) is 3.67. The number of nitrogen functional groups attached to an aromatic ring is 1. The summed E-state index contributed by atoms with van der Waals surface area (Å²) in [6.45, 7) is 0. The Morgan fingerprint density at radius 3 is 2.74 bits per heavy atom. The average Bonchev–Trinajstić information content (AvgIpc) is 2.33. The number of hydrogen-bond donors (Lipinski definition) is 2. The standard InChI is InChI=1S/C10H8BrFN4O2S/c11-7-4-6(13)5-15-9(7)16-19(17,18)10-8(12)2-1-3-14-10/h1-5H,13H2,(H,15,16). The molecule has 9 heteroatoms. The number of nitrogens with zero attached hydrogens (tertiary/aromatic N) is 2. The van der Waals surface area contributed by atoms with E-state index in [1.54, 1.807) is 0 Å². The summed E-state index contributed by atoms with van der Waals surface area (Å²) in [5.41, 5.74) is 5.84. The smallest absolute Gasteiger partial charge is 0.283 e. The molecular weight excluding hydrogens is 339 g/mol. The van der Waals surface area contributed by atoms with Crippen molar-refractivity contribution in [2.75, 3.05) is 10.5 Å². The maximum Gasteiger partial charge on any atom is 0.283 e. The molecule has 2 heterocycles. The van der Waals surface area contributed by atoms with E-state index in [4.69, 9.17) is 5.73 Å². The van der Waals surface area contributed by atoms with Crippen LogP contribution < -0.4 is 10.5 Å². The Balaban J connectivity index is 2.40. The summed E-state index contributed by atoms with van der Waals surface area (Å²) < 4.78 is 39.8. The zero-order valence-corrected chi connectivity index (χ0v) is 11.7. The largest absolute Gasteiger partial charge is 0.397 e. The topological polar surface area (TPSA) is 98.0 Å². The number of sulfonamides is 1. The first-order valence-corrected chi connectivity index (χ1v) is 7.22. The van der Waals surface area contributed by atoms with Crippen LogP contribution >= 0.6 is 15.9 Å². The molecule has 2 rings (SSSR count). The van der Waals surface area contributed by atoms with Gasteiger partial charge >= 0.3 is 0 Å². The molecule has 0 amide bonds. The number of nitrogens with two attached hydrogens (primary N) is 1. The highest BCUT2D eigenvalue weighted by Gasteiger charge is 2.22. The lowest BCUT2D eigenvalue weighted by atomic mass is 10.4. The molecule has 0 aromatic carbocycles. The molecule has 100 valence electrons. The highest BCUT2D eigenvalue weighted by atomic mass is 79.9. The van der Waals surface area contributed by atoms with E-state index in [-0.39, 0.29) is 5.82 Å². The highest BCUT2D eigenvalue weighted by molar-refractivity contribution is 9.10. The van der Waals surface area contributed by atoms with Gasteiger partial charge in [0.25, 0.3) is 10.0 Å². The Bertz CT molecular complexity index is 723. The molecular formula is C10H8BrFN4O2S. The lowest BCUT2D eigenvalue weighted by Crippen LogP contribution is -2.17. The van der Waals surface area contributed by atoms with E-state index in [1.807, 2.05) is 0 Å². The van der Waals surface area contributed by atoms with Crippen LogP contribution in [-0.2, 0) is 10.0 Å². The zero-order valence-electron chi connectivity index (χ0n) is 9.34. The Morgan fingerprint density at radius 1 is 1.37 bits per heavy atom. The molecule has 2 aromatic rings. The quantitative estimate of drug-likeness (QED) is 0.882. The molecule has 0 aliphatic carbocycles. The Labute approximate surface area is 117 Å². The van der Waals surface area contributed by atoms with E-state index in [9.17, 15) is 12.8 Å². The highest BCUT2D eigenvalue weighted by Crippen LogP contribution is 2.24. The fourth-order valence-electron chi connectivity index (χ4n) is 1.27. The summed E-state index contributed by atoms with van der Waals surface area (Å²) in [6.07, 6.45) is 2.46. The first kappa shape index (κ1) is 13.7. The van der Waals surface area contributed by atoms with E-state index in [1.165, 1.54) is 24.5 Å². The summed E-state index contributed by atoms with van der Waals surface area (Å²) in [5.74, 6) is -0.944. The van der Waals surface area contributed by atoms with Gasteiger partial charge in [-0.3, -0.25) is 4.72 Å². The van der Waals surface area contributed by atoms with Gasteiger partial charge in [0.15, 0.2) is 11.6 Å². The van der Waals surface area contributed by atoms with Crippen molar-refractivity contribution in [1.29, 1.82) is 0 Å². The molecule has 2 aromatic heterocycles. The summed E-state index contributed by atoms with van der Waals surface area (Å²) >= 11 is 3.11. The molecule has 0 aliphatic heterocycles. The first-order chi connectivity index (χ1) is 8.90. The van der Waals surface area contributed by atoms with E-state index in [0.717, 1.165) is 6.07 Å². The second kappa shape index (κ2) is 5.10. The van der Waals surface area contributed by atoms with Crippen molar-refractivity contribution in [2.45, 2.75) is 5.03 Å². The number of rotatable bonds is 3. The van der Waals surface area contributed by atoms with Crippen molar-refractivity contribution in [1.82, 2.24) is 9.97 Å². The van der Waals surface area contributed by atoms with Gasteiger partial charge in [-0.05, 0) is 34.1 Å². The minimum Gasteiger partial charge on any atom is -0.397 e. The van der Waals surface area contributed by atoms with Crippen molar-refractivity contribution < 1.29 is 12.8 Å². The third kappa shape index (κ3) is 2.99. The van der Waals surface area contributed by atoms with Crippen LogP contribution in [-0.4, -0.2) is 18.4 Å². The number of anilines is 2. The molecule has 0 spiro atoms. The van der Waals surface area contributed by atoms with Crippen molar-refractivity contribution in [2.24, 2.45) is 0 Å². The lowest BCUT2D eigenvalue weighted by molar-refractivity contribution is 0.556. The SMILES string of the molecule is Nc1cnc(NS(=O)(=O)c2ncccc2F)c(Br)c1. The summed E-state index contributed by atoms with van der Waals surface area (Å²) in [5, 5.41) is -0.694. The van der Waals surface area contributed by atoms with E-state index < -0.39 is 20.9 Å². The normalized spacial score (nSPS) is 11.3. The maximum atomic E-state index is 13.4. The molecule has 0 saturated heterocycles. The number of nitrogens with one attached hydrogen (secondary N) is 1. The molecule has 0 atom stereocenters. The third-order valence-electron chi connectivity index (χ3n) is 2.07. The van der Waals surface area contributed by atoms with Gasteiger partial charge in [0.05, 0.1) is 16.4 Å². The Hall–Kier alpha value is -1.74. The number of hydrogen-bond acceptors (Lipinski definition) is 5. The first-order valence-electron chi connectivity index (χ1n) is 4.94. The summed E-state index contributed by atoms with van der Waals surface area (Å²) in [6, 6.07) is 3.78. The van der Waals surface area contributed by atoms with Crippen LogP contribution in [0.25, 0.3) is 0 Å². The average molecular weight is 347 g/mol. The second-order valence-electron chi connectivity index (χ2n) is 3.49. The van der Waals surface area contributed by atoms with Gasteiger partial charge < -0.3 is 5.73 Å². The molecule has 0 bridgehead atoms. The molecule has 0 aliphatic rings. The van der Waals surface area contributed by atoms with Crippen LogP contribution in [0.4, 0.5) is 15.9 Å². The van der Waals surface area contributed by atoms with Crippen LogP contribution in [0.5, 0.6) is 0 Å². The van der Waals surface area contributed by atoms with Gasteiger partial charge in [-0.15, -0.1) is 0 Å². The van der Waals surface area contributed by atoms with Gasteiger partial charge in [-0.25, -0.2) is 14.4 Å². The van der Waals surface area contributed by atoms with Gasteiger partial charge in [0.1, 0.15) is 0 Å². The minimum atomic E-state index is -4.15. The minimum absolute atomic E-state index is 0.000692. The number of pyridine rings is 2. The molecule has 0 saturated carbocycles. The zero-order chi connectivity index (χ0) is 14.0. The monoisotopic (exact) mass is 346 g/mol. The summed E-state index contributed by atoms with van der Waals surface area (Å²) in [4.78, 5) is 7.31. The molecule has 6 nitrogen and oxygen atoms in total. The summed E-state index contributed by atoms with van der Waals surface area (Å²) in [7, 11) is -4.15. The molecule has 0 fully saturated rings. The van der Waals surface area contributed by atoms with Gasteiger partial charge in [0.2, 0.25) is 5.03 Å². The van der Waals surface area contributed by atoms with Crippen LogP contribution in [0.2, 0.25) is 0 Å². The predicted molar refractivity (Wildman–Crippen MR) is 71.4 cm³/mol. The van der Waals surface area contributed by atoms with Crippen molar-refractivity contribution in [3.63, 3.8) is 0 Å². The Morgan fingerprint density at radius 2 is 2.11 bits per heavy atom. The maximum absolute atomic E-state index is 13.4. The number of aromatic nitrogens is 2. The van der Waals surface area contributed by atoms with Crippen molar-refractivity contribution >= 4 is 37.5 Å². The van der Waals surface area contributed by atoms with Crippen molar-refractivity contribution in [3.8, 4) is 0 Å².